The van der Waals surface area contributed by atoms with Gasteiger partial charge < -0.3 is 9.73 Å². The molecule has 1 spiro atoms. The van der Waals surface area contributed by atoms with Crippen molar-refractivity contribution < 1.29 is 14.0 Å². The predicted octanol–water partition coefficient (Wildman–Crippen LogP) is 3.95. The molecule has 0 bridgehead atoms. The van der Waals surface area contributed by atoms with Gasteiger partial charge in [0.1, 0.15) is 11.1 Å². The monoisotopic (exact) mass is 390 g/mol. The quantitative estimate of drug-likeness (QED) is 0.408. The van der Waals surface area contributed by atoms with Gasteiger partial charge in [-0.05, 0) is 41.2 Å². The maximum absolute atomic E-state index is 13.3. The summed E-state index contributed by atoms with van der Waals surface area (Å²) >= 11 is 0. The Bertz CT molecular complexity index is 1210. The van der Waals surface area contributed by atoms with Crippen molar-refractivity contribution in [3.05, 3.63) is 58.4 Å². The Morgan fingerprint density at radius 2 is 1.97 bits per heavy atom. The van der Waals surface area contributed by atoms with Crippen LogP contribution in [0, 0.1) is 5.92 Å². The van der Waals surface area contributed by atoms with Crippen LogP contribution < -0.4 is 10.9 Å². The fraction of sp³-hybridized carbons (Fsp3) is 0.348. The summed E-state index contributed by atoms with van der Waals surface area (Å²) in [4.78, 5) is 39.5. The Morgan fingerprint density at radius 3 is 2.79 bits per heavy atom. The molecule has 5 rings (SSSR count). The molecule has 3 aromatic rings. The predicted molar refractivity (Wildman–Crippen MR) is 109 cm³/mol. The number of benzene rings is 2. The molecule has 2 heterocycles. The minimum Gasteiger partial charge on any atom is -0.423 e. The smallest absolute Gasteiger partial charge is 0.336 e. The molecule has 2 fully saturated rings. The van der Waals surface area contributed by atoms with Gasteiger partial charge in [-0.3, -0.25) is 9.69 Å². The van der Waals surface area contributed by atoms with E-state index in [-0.39, 0.29) is 24.4 Å². The lowest BCUT2D eigenvalue weighted by molar-refractivity contribution is -0.134. The number of nitrogens with zero attached hydrogens (tertiary/aromatic N) is 1. The maximum Gasteiger partial charge on any atom is 0.336 e. The summed E-state index contributed by atoms with van der Waals surface area (Å²) in [6, 6.07) is 12.5. The normalized spacial score (nSPS) is 24.6. The van der Waals surface area contributed by atoms with Crippen LogP contribution in [0.3, 0.4) is 0 Å². The first-order valence-electron chi connectivity index (χ1n) is 10.1. The van der Waals surface area contributed by atoms with Crippen molar-refractivity contribution in [3.8, 4) is 0 Å². The number of nitrogens with one attached hydrogen (secondary N) is 1. The number of rotatable bonds is 2. The van der Waals surface area contributed by atoms with Crippen molar-refractivity contribution >= 4 is 33.7 Å². The molecule has 29 heavy (non-hydrogen) atoms. The zero-order valence-corrected chi connectivity index (χ0v) is 16.2. The molecule has 1 aliphatic heterocycles. The number of urea groups is 1. The molecular weight excluding hydrogens is 368 g/mol. The average molecular weight is 390 g/mol. The van der Waals surface area contributed by atoms with Gasteiger partial charge in [0.2, 0.25) is 0 Å². The van der Waals surface area contributed by atoms with Gasteiger partial charge in [0, 0.05) is 11.5 Å². The van der Waals surface area contributed by atoms with Crippen molar-refractivity contribution in [2.24, 2.45) is 5.92 Å². The molecule has 2 aromatic carbocycles. The van der Waals surface area contributed by atoms with Crippen molar-refractivity contribution in [1.29, 1.82) is 0 Å². The zero-order chi connectivity index (χ0) is 20.2. The van der Waals surface area contributed by atoms with Gasteiger partial charge in [-0.25, -0.2) is 9.59 Å². The third-order valence-corrected chi connectivity index (χ3v) is 6.54. The summed E-state index contributed by atoms with van der Waals surface area (Å²) in [6.45, 7) is 2.08. The van der Waals surface area contributed by atoms with Crippen molar-refractivity contribution in [2.75, 3.05) is 0 Å². The second kappa shape index (κ2) is 6.44. The lowest BCUT2D eigenvalue weighted by Gasteiger charge is -2.36. The van der Waals surface area contributed by atoms with Gasteiger partial charge >= 0.3 is 11.7 Å². The Balaban J connectivity index is 1.62. The zero-order valence-electron chi connectivity index (χ0n) is 16.2. The summed E-state index contributed by atoms with van der Waals surface area (Å²) < 4.78 is 5.40. The number of carbonyl (C=O) groups is 2. The van der Waals surface area contributed by atoms with Crippen LogP contribution >= 0.6 is 0 Å². The fourth-order valence-electron chi connectivity index (χ4n) is 4.95. The van der Waals surface area contributed by atoms with Gasteiger partial charge in [0.05, 0.1) is 6.54 Å². The van der Waals surface area contributed by atoms with Crippen LogP contribution in [0.15, 0.2) is 51.7 Å². The summed E-state index contributed by atoms with van der Waals surface area (Å²) in [6.07, 6.45) is 3.58. The number of hydrogen-bond donors (Lipinski definition) is 1. The standard InChI is InChI=1S/C23H22N2O4/c1-14-6-4-5-11-23(14)21(27)25(22(28)24-23)13-16-12-19(26)29-18-10-9-15-7-2-3-8-17(15)20(16)18/h2-3,7-10,12,14H,4-6,11,13H2,1H3,(H,24,28). The van der Waals surface area contributed by atoms with E-state index < -0.39 is 11.2 Å². The third-order valence-electron chi connectivity index (χ3n) is 6.54. The van der Waals surface area contributed by atoms with E-state index in [0.29, 0.717) is 17.6 Å². The Hall–Kier alpha value is -3.15. The first-order chi connectivity index (χ1) is 14.0. The van der Waals surface area contributed by atoms with E-state index in [1.165, 1.54) is 11.0 Å². The van der Waals surface area contributed by atoms with Gasteiger partial charge in [0.25, 0.3) is 5.91 Å². The molecule has 6 heteroatoms. The minimum absolute atomic E-state index is 0.0508. The molecule has 2 aliphatic rings. The van der Waals surface area contributed by atoms with E-state index in [4.69, 9.17) is 4.42 Å². The first kappa shape index (κ1) is 17.9. The van der Waals surface area contributed by atoms with E-state index in [0.717, 1.165) is 35.4 Å². The molecule has 1 N–H and O–H groups in total. The molecule has 3 amide bonds. The Labute approximate surface area is 167 Å². The summed E-state index contributed by atoms with van der Waals surface area (Å²) in [7, 11) is 0. The molecule has 148 valence electrons. The summed E-state index contributed by atoms with van der Waals surface area (Å²) in [5.41, 5.74) is -0.223. The van der Waals surface area contributed by atoms with Crippen LogP contribution in [0.4, 0.5) is 4.79 Å². The highest BCUT2D eigenvalue weighted by atomic mass is 16.4. The Morgan fingerprint density at radius 1 is 1.14 bits per heavy atom. The molecular formula is C23H22N2O4. The van der Waals surface area contributed by atoms with E-state index >= 15 is 0 Å². The Kier molecular flexibility index (Phi) is 3.98. The molecule has 1 saturated heterocycles. The average Bonchev–Trinajstić information content (AvgIpc) is 2.94. The van der Waals surface area contributed by atoms with Crippen LogP contribution in [0.5, 0.6) is 0 Å². The topological polar surface area (TPSA) is 79.6 Å². The van der Waals surface area contributed by atoms with E-state index in [9.17, 15) is 14.4 Å². The number of fused-ring (bicyclic) bond motifs is 3. The van der Waals surface area contributed by atoms with E-state index in [1.54, 1.807) is 6.07 Å². The van der Waals surface area contributed by atoms with Crippen molar-refractivity contribution in [3.63, 3.8) is 0 Å². The lowest BCUT2D eigenvalue weighted by atomic mass is 9.73. The van der Waals surface area contributed by atoms with E-state index in [1.807, 2.05) is 37.3 Å². The first-order valence-corrected chi connectivity index (χ1v) is 10.1. The van der Waals surface area contributed by atoms with Crippen LogP contribution in [-0.2, 0) is 11.3 Å². The van der Waals surface area contributed by atoms with Gasteiger partial charge in [0.15, 0.2) is 0 Å². The van der Waals surface area contributed by atoms with E-state index in [2.05, 4.69) is 5.32 Å². The molecule has 2 unspecified atom stereocenters. The van der Waals surface area contributed by atoms with Crippen LogP contribution in [-0.4, -0.2) is 22.4 Å². The lowest BCUT2D eigenvalue weighted by Crippen LogP contribution is -2.53. The molecule has 1 aromatic heterocycles. The number of amides is 3. The fourth-order valence-corrected chi connectivity index (χ4v) is 4.95. The summed E-state index contributed by atoms with van der Waals surface area (Å²) in [5, 5.41) is 5.67. The van der Waals surface area contributed by atoms with Gasteiger partial charge in [-0.1, -0.05) is 50.1 Å². The maximum atomic E-state index is 13.3. The largest absolute Gasteiger partial charge is 0.423 e. The SMILES string of the molecule is CC1CCCCC12NC(=O)N(Cc1cc(=O)oc3ccc4ccccc4c13)C2=O. The molecule has 1 saturated carbocycles. The number of hydrogen-bond acceptors (Lipinski definition) is 4. The highest BCUT2D eigenvalue weighted by Gasteiger charge is 2.54. The highest BCUT2D eigenvalue weighted by Crippen LogP contribution is 2.39. The third kappa shape index (κ3) is 2.66. The molecule has 6 nitrogen and oxygen atoms in total. The number of imide groups is 1. The van der Waals surface area contributed by atoms with Crippen LogP contribution in [0.25, 0.3) is 21.7 Å². The second-order valence-corrected chi connectivity index (χ2v) is 8.19. The molecule has 2 atom stereocenters. The second-order valence-electron chi connectivity index (χ2n) is 8.19. The van der Waals surface area contributed by atoms with Crippen LogP contribution in [0.1, 0.15) is 38.2 Å². The number of carbonyl (C=O) groups excluding carboxylic acids is 2. The summed E-state index contributed by atoms with van der Waals surface area (Å²) in [5.74, 6) is -0.0903. The van der Waals surface area contributed by atoms with Crippen LogP contribution in [0.2, 0.25) is 0 Å². The van der Waals surface area contributed by atoms with Gasteiger partial charge in [-0.2, -0.15) is 0 Å². The van der Waals surface area contributed by atoms with Gasteiger partial charge in [-0.15, -0.1) is 0 Å². The molecule has 1 aliphatic carbocycles. The van der Waals surface area contributed by atoms with Crippen molar-refractivity contribution in [1.82, 2.24) is 10.2 Å². The highest BCUT2D eigenvalue weighted by molar-refractivity contribution is 6.09. The van der Waals surface area contributed by atoms with Crippen molar-refractivity contribution in [2.45, 2.75) is 44.7 Å². The minimum atomic E-state index is -0.813. The molecule has 0 radical (unpaired) electrons.